The van der Waals surface area contributed by atoms with Crippen LogP contribution in [0.5, 0.6) is 5.75 Å². The van der Waals surface area contributed by atoms with Crippen molar-refractivity contribution in [1.82, 2.24) is 0 Å². The number of phenolic OH excluding ortho intramolecular Hbond substituents is 1. The minimum absolute atomic E-state index is 0.0106. The predicted molar refractivity (Wildman–Crippen MR) is 81.8 cm³/mol. The second kappa shape index (κ2) is 7.43. The molecule has 0 spiro atoms. The number of carbonyl (C=O) groups is 2. The highest BCUT2D eigenvalue weighted by molar-refractivity contribution is 6.08. The number of rotatable bonds is 6. The number of carboxylic acid groups (broad SMARTS) is 1. The number of carboxylic acids is 1. The molecule has 0 aromatic heterocycles. The van der Waals surface area contributed by atoms with Crippen LogP contribution in [0.4, 0.5) is 0 Å². The molecule has 1 rings (SSSR count). The summed E-state index contributed by atoms with van der Waals surface area (Å²) in [6, 6.07) is 3.68. The molecule has 21 heavy (non-hydrogen) atoms. The van der Waals surface area contributed by atoms with E-state index in [-0.39, 0.29) is 22.7 Å². The molecule has 0 aliphatic carbocycles. The van der Waals surface area contributed by atoms with E-state index < -0.39 is 5.97 Å². The summed E-state index contributed by atoms with van der Waals surface area (Å²) in [6.45, 7) is 5.87. The zero-order valence-corrected chi connectivity index (χ0v) is 12.5. The Hall–Kier alpha value is -2.36. The van der Waals surface area contributed by atoms with Crippen LogP contribution in [0.15, 0.2) is 41.5 Å². The largest absolute Gasteiger partial charge is 0.507 e. The van der Waals surface area contributed by atoms with Crippen LogP contribution in [0.3, 0.4) is 0 Å². The van der Waals surface area contributed by atoms with Gasteiger partial charge in [0.2, 0.25) is 0 Å². The zero-order valence-electron chi connectivity index (χ0n) is 12.5. The average Bonchev–Trinajstić information content (AvgIpc) is 2.38. The maximum absolute atomic E-state index is 12.1. The fraction of sp³-hybridized carbons (Fsp3) is 0.294. The Morgan fingerprint density at radius 3 is 2.43 bits per heavy atom. The molecule has 0 bridgehead atoms. The molecule has 4 heteroatoms. The molecule has 112 valence electrons. The van der Waals surface area contributed by atoms with Gasteiger partial charge in [0.1, 0.15) is 5.75 Å². The molecule has 2 N–H and O–H groups in total. The second-order valence-electron chi connectivity index (χ2n) is 5.21. The Morgan fingerprint density at radius 1 is 1.19 bits per heavy atom. The van der Waals surface area contributed by atoms with E-state index in [1.54, 1.807) is 0 Å². The van der Waals surface area contributed by atoms with Crippen molar-refractivity contribution < 1.29 is 19.8 Å². The van der Waals surface area contributed by atoms with E-state index in [2.05, 4.69) is 6.08 Å². The molecule has 4 nitrogen and oxygen atoms in total. The Morgan fingerprint density at radius 2 is 1.86 bits per heavy atom. The lowest BCUT2D eigenvalue weighted by atomic mass is 10.0. The summed E-state index contributed by atoms with van der Waals surface area (Å²) in [7, 11) is 0. The second-order valence-corrected chi connectivity index (χ2v) is 5.21. The third-order valence-electron chi connectivity index (χ3n) is 2.98. The van der Waals surface area contributed by atoms with Gasteiger partial charge >= 0.3 is 5.97 Å². The van der Waals surface area contributed by atoms with Gasteiger partial charge in [0.15, 0.2) is 5.78 Å². The molecule has 1 aromatic rings. The van der Waals surface area contributed by atoms with Gasteiger partial charge in [0.05, 0.1) is 11.1 Å². The highest BCUT2D eigenvalue weighted by Crippen LogP contribution is 2.20. The first-order valence-electron chi connectivity index (χ1n) is 6.72. The highest BCUT2D eigenvalue weighted by Gasteiger charge is 2.13. The van der Waals surface area contributed by atoms with Crippen LogP contribution in [-0.4, -0.2) is 22.0 Å². The van der Waals surface area contributed by atoms with Crippen LogP contribution < -0.4 is 0 Å². The topological polar surface area (TPSA) is 74.6 Å². The molecule has 0 aliphatic heterocycles. The lowest BCUT2D eigenvalue weighted by Crippen LogP contribution is -2.02. The zero-order chi connectivity index (χ0) is 16.0. The van der Waals surface area contributed by atoms with Crippen LogP contribution in [0.1, 0.15) is 54.3 Å². The molecule has 0 saturated heterocycles. The molecule has 0 heterocycles. The van der Waals surface area contributed by atoms with E-state index in [1.165, 1.54) is 29.8 Å². The lowest BCUT2D eigenvalue weighted by molar-refractivity contribution is 0.0697. The van der Waals surface area contributed by atoms with Gasteiger partial charge in [0.25, 0.3) is 0 Å². The van der Waals surface area contributed by atoms with Crippen LogP contribution in [0, 0.1) is 0 Å². The molecule has 0 amide bonds. The van der Waals surface area contributed by atoms with Crippen molar-refractivity contribution >= 4 is 11.8 Å². The summed E-state index contributed by atoms with van der Waals surface area (Å²) in [5.74, 6) is -1.73. The molecular weight excluding hydrogens is 268 g/mol. The normalized spacial score (nSPS) is 11.1. The van der Waals surface area contributed by atoms with E-state index in [1.807, 2.05) is 20.8 Å². The van der Waals surface area contributed by atoms with E-state index >= 15 is 0 Å². The Balaban J connectivity index is 2.90. The summed E-state index contributed by atoms with van der Waals surface area (Å²) < 4.78 is 0. The molecule has 0 radical (unpaired) electrons. The van der Waals surface area contributed by atoms with Gasteiger partial charge in [0, 0.05) is 0 Å². The molecule has 0 aliphatic rings. The van der Waals surface area contributed by atoms with Gasteiger partial charge < -0.3 is 10.2 Å². The Kier molecular flexibility index (Phi) is 5.91. The summed E-state index contributed by atoms with van der Waals surface area (Å²) in [5, 5.41) is 18.6. The number of allylic oxidation sites excluding steroid dienone is 4. The van der Waals surface area contributed by atoms with Crippen molar-refractivity contribution in [3.8, 4) is 5.75 Å². The van der Waals surface area contributed by atoms with Gasteiger partial charge in [-0.05, 0) is 57.9 Å². The highest BCUT2D eigenvalue weighted by atomic mass is 16.4. The number of benzene rings is 1. The fourth-order valence-corrected chi connectivity index (χ4v) is 1.83. The number of aromatic carboxylic acids is 1. The first-order valence-corrected chi connectivity index (χ1v) is 6.72. The van der Waals surface area contributed by atoms with Crippen molar-refractivity contribution in [2.75, 3.05) is 0 Å². The summed E-state index contributed by atoms with van der Waals surface area (Å²) in [4.78, 5) is 23.0. The van der Waals surface area contributed by atoms with E-state index in [4.69, 9.17) is 5.11 Å². The standard InChI is InChI=1S/C17H20O4/c1-11(2)5-4-6-12(3)9-16(19)14-10-13(17(20)21)7-8-15(14)18/h5,7-10,18H,4,6H2,1-3H3,(H,20,21). The average molecular weight is 288 g/mol. The predicted octanol–water partition coefficient (Wildman–Crippen LogP) is 3.97. The van der Waals surface area contributed by atoms with Crippen LogP contribution in [-0.2, 0) is 0 Å². The molecule has 1 aromatic carbocycles. The molecular formula is C17H20O4. The van der Waals surface area contributed by atoms with Crippen LogP contribution in [0.25, 0.3) is 0 Å². The van der Waals surface area contributed by atoms with Gasteiger partial charge in [-0.2, -0.15) is 0 Å². The summed E-state index contributed by atoms with van der Waals surface area (Å²) in [6.07, 6.45) is 5.12. The molecule has 0 unspecified atom stereocenters. The van der Waals surface area contributed by atoms with Gasteiger partial charge in [-0.1, -0.05) is 17.2 Å². The Bertz CT molecular complexity index is 605. The van der Waals surface area contributed by atoms with Gasteiger partial charge in [-0.3, -0.25) is 4.79 Å². The number of hydrogen-bond donors (Lipinski definition) is 2. The summed E-state index contributed by atoms with van der Waals surface area (Å²) in [5.41, 5.74) is 2.10. The SMILES string of the molecule is CC(C)=CCCC(C)=CC(=O)c1cc(C(=O)O)ccc1O. The maximum Gasteiger partial charge on any atom is 0.335 e. The lowest BCUT2D eigenvalue weighted by Gasteiger charge is -2.04. The fourth-order valence-electron chi connectivity index (χ4n) is 1.83. The van der Waals surface area contributed by atoms with Gasteiger partial charge in [-0.25, -0.2) is 4.79 Å². The number of hydrogen-bond acceptors (Lipinski definition) is 3. The van der Waals surface area contributed by atoms with Crippen molar-refractivity contribution in [3.05, 3.63) is 52.6 Å². The quantitative estimate of drug-likeness (QED) is 0.472. The van der Waals surface area contributed by atoms with Crippen molar-refractivity contribution in [3.63, 3.8) is 0 Å². The Labute approximate surface area is 124 Å². The van der Waals surface area contributed by atoms with E-state index in [0.717, 1.165) is 18.4 Å². The maximum atomic E-state index is 12.1. The van der Waals surface area contributed by atoms with Crippen LogP contribution in [0.2, 0.25) is 0 Å². The first-order chi connectivity index (χ1) is 9.81. The van der Waals surface area contributed by atoms with Gasteiger partial charge in [-0.15, -0.1) is 0 Å². The molecule has 0 saturated carbocycles. The number of carbonyl (C=O) groups excluding carboxylic acids is 1. The van der Waals surface area contributed by atoms with Crippen molar-refractivity contribution in [1.29, 1.82) is 0 Å². The van der Waals surface area contributed by atoms with Crippen LogP contribution >= 0.6 is 0 Å². The summed E-state index contributed by atoms with van der Waals surface area (Å²) >= 11 is 0. The minimum Gasteiger partial charge on any atom is -0.507 e. The first kappa shape index (κ1) is 16.7. The molecule has 0 atom stereocenters. The van der Waals surface area contributed by atoms with E-state index in [0.29, 0.717) is 0 Å². The third-order valence-corrected chi connectivity index (χ3v) is 2.98. The van der Waals surface area contributed by atoms with E-state index in [9.17, 15) is 14.7 Å². The number of ketones is 1. The molecule has 0 fully saturated rings. The van der Waals surface area contributed by atoms with Crippen molar-refractivity contribution in [2.45, 2.75) is 33.6 Å². The third kappa shape index (κ3) is 5.26. The minimum atomic E-state index is -1.13. The van der Waals surface area contributed by atoms with Crippen molar-refractivity contribution in [2.24, 2.45) is 0 Å². The number of phenols is 1. The number of aromatic hydroxyl groups is 1. The monoisotopic (exact) mass is 288 g/mol. The smallest absolute Gasteiger partial charge is 0.335 e.